The standard InChI is InChI=1S/C8H9ClN2O3/c1-4-5(7(12)13-2)6(9)11-8(10-4)14-3/h1-3H3. The second kappa shape index (κ2) is 4.23. The van der Waals surface area contributed by atoms with Crippen LogP contribution in [-0.4, -0.2) is 30.2 Å². The SMILES string of the molecule is COC(=O)c1c(C)nc(OC)nc1Cl. The average Bonchev–Trinajstić information content (AvgIpc) is 2.16. The summed E-state index contributed by atoms with van der Waals surface area (Å²) in [5, 5.41) is 0.0289. The summed E-state index contributed by atoms with van der Waals surface area (Å²) >= 11 is 5.76. The van der Waals surface area contributed by atoms with E-state index in [0.29, 0.717) is 5.69 Å². The molecule has 1 aromatic rings. The zero-order chi connectivity index (χ0) is 10.7. The molecule has 0 saturated heterocycles. The van der Waals surface area contributed by atoms with Crippen LogP contribution in [0.25, 0.3) is 0 Å². The van der Waals surface area contributed by atoms with Gasteiger partial charge in [-0.2, -0.15) is 9.97 Å². The zero-order valence-corrected chi connectivity index (χ0v) is 8.75. The summed E-state index contributed by atoms with van der Waals surface area (Å²) in [6.07, 6.45) is 0. The molecule has 0 unspecified atom stereocenters. The van der Waals surface area contributed by atoms with Crippen LogP contribution >= 0.6 is 11.6 Å². The third-order valence-corrected chi connectivity index (χ3v) is 1.87. The van der Waals surface area contributed by atoms with Gasteiger partial charge in [0.15, 0.2) is 5.15 Å². The number of ether oxygens (including phenoxy) is 2. The van der Waals surface area contributed by atoms with Gasteiger partial charge in [-0.1, -0.05) is 11.6 Å². The predicted molar refractivity (Wildman–Crippen MR) is 49.7 cm³/mol. The lowest BCUT2D eigenvalue weighted by Gasteiger charge is -2.06. The first-order valence-corrected chi connectivity index (χ1v) is 4.14. The van der Waals surface area contributed by atoms with Crippen molar-refractivity contribution in [2.24, 2.45) is 0 Å². The largest absolute Gasteiger partial charge is 0.467 e. The molecule has 0 spiro atoms. The van der Waals surface area contributed by atoms with Crippen LogP contribution in [-0.2, 0) is 4.74 Å². The van der Waals surface area contributed by atoms with Gasteiger partial charge >= 0.3 is 12.0 Å². The number of nitrogens with zero attached hydrogens (tertiary/aromatic N) is 2. The normalized spacial score (nSPS) is 9.71. The van der Waals surface area contributed by atoms with E-state index in [0.717, 1.165) is 0 Å². The molecular weight excluding hydrogens is 208 g/mol. The van der Waals surface area contributed by atoms with Gasteiger partial charge in [-0.3, -0.25) is 0 Å². The van der Waals surface area contributed by atoms with Gasteiger partial charge in [0.1, 0.15) is 5.56 Å². The molecule has 1 rings (SSSR count). The number of esters is 1. The highest BCUT2D eigenvalue weighted by Gasteiger charge is 2.17. The summed E-state index contributed by atoms with van der Waals surface area (Å²) in [6.45, 7) is 1.63. The van der Waals surface area contributed by atoms with Crippen molar-refractivity contribution in [3.63, 3.8) is 0 Å². The number of hydrogen-bond acceptors (Lipinski definition) is 5. The van der Waals surface area contributed by atoms with Gasteiger partial charge < -0.3 is 9.47 Å². The lowest BCUT2D eigenvalue weighted by Crippen LogP contribution is -2.08. The van der Waals surface area contributed by atoms with Gasteiger partial charge in [0, 0.05) is 0 Å². The second-order valence-corrected chi connectivity index (χ2v) is 2.81. The molecule has 0 aliphatic carbocycles. The van der Waals surface area contributed by atoms with Crippen LogP contribution in [0.1, 0.15) is 16.1 Å². The Morgan fingerprint density at radius 3 is 2.43 bits per heavy atom. The second-order valence-electron chi connectivity index (χ2n) is 2.45. The number of carbonyl (C=O) groups excluding carboxylic acids is 1. The minimum Gasteiger partial charge on any atom is -0.467 e. The Morgan fingerprint density at radius 2 is 2.00 bits per heavy atom. The van der Waals surface area contributed by atoms with Crippen molar-refractivity contribution in [1.29, 1.82) is 0 Å². The summed E-state index contributed by atoms with van der Waals surface area (Å²) in [5.74, 6) is -0.560. The molecule has 6 heteroatoms. The number of methoxy groups -OCH3 is 2. The fourth-order valence-electron chi connectivity index (χ4n) is 0.939. The number of aryl methyl sites for hydroxylation is 1. The first kappa shape index (κ1) is 10.7. The molecule has 1 heterocycles. The minimum absolute atomic E-state index is 0.0289. The molecule has 0 aromatic carbocycles. The van der Waals surface area contributed by atoms with Crippen molar-refractivity contribution in [3.8, 4) is 6.01 Å². The number of rotatable bonds is 2. The van der Waals surface area contributed by atoms with Crippen LogP contribution in [0.4, 0.5) is 0 Å². The maximum absolute atomic E-state index is 11.2. The Labute approximate surface area is 86.0 Å². The summed E-state index contributed by atoms with van der Waals surface area (Å²) in [5.41, 5.74) is 0.587. The summed E-state index contributed by atoms with van der Waals surface area (Å²) < 4.78 is 9.31. The molecule has 0 bridgehead atoms. The number of halogens is 1. The minimum atomic E-state index is -0.560. The van der Waals surface area contributed by atoms with Crippen LogP contribution < -0.4 is 4.74 Å². The molecule has 0 amide bonds. The fourth-order valence-corrected chi connectivity index (χ4v) is 1.22. The smallest absolute Gasteiger partial charge is 0.342 e. The molecule has 0 N–H and O–H groups in total. The topological polar surface area (TPSA) is 61.3 Å². The van der Waals surface area contributed by atoms with Crippen molar-refractivity contribution in [2.45, 2.75) is 6.92 Å². The fraction of sp³-hybridized carbons (Fsp3) is 0.375. The molecule has 5 nitrogen and oxygen atoms in total. The highest BCUT2D eigenvalue weighted by Crippen LogP contribution is 2.19. The number of carbonyl (C=O) groups is 1. The Kier molecular flexibility index (Phi) is 3.24. The Balaban J connectivity index is 3.25. The first-order chi connectivity index (χ1) is 6.60. The maximum Gasteiger partial charge on any atom is 0.342 e. The third kappa shape index (κ3) is 1.93. The van der Waals surface area contributed by atoms with E-state index < -0.39 is 5.97 Å². The quantitative estimate of drug-likeness (QED) is 0.550. The zero-order valence-electron chi connectivity index (χ0n) is 8.00. The monoisotopic (exact) mass is 216 g/mol. The first-order valence-electron chi connectivity index (χ1n) is 3.76. The van der Waals surface area contributed by atoms with Crippen LogP contribution in [0.3, 0.4) is 0 Å². The Hall–Kier alpha value is -1.36. The van der Waals surface area contributed by atoms with Crippen molar-refractivity contribution in [2.75, 3.05) is 14.2 Å². The molecule has 0 saturated carbocycles. The molecule has 0 aliphatic heterocycles. The van der Waals surface area contributed by atoms with Gasteiger partial charge in [0.25, 0.3) is 0 Å². The number of aromatic nitrogens is 2. The lowest BCUT2D eigenvalue weighted by molar-refractivity contribution is 0.0599. The molecule has 1 aromatic heterocycles. The molecule has 0 fully saturated rings. The van der Waals surface area contributed by atoms with E-state index in [4.69, 9.17) is 16.3 Å². The van der Waals surface area contributed by atoms with Gasteiger partial charge in [-0.05, 0) is 6.92 Å². The van der Waals surface area contributed by atoms with E-state index in [1.165, 1.54) is 14.2 Å². The van der Waals surface area contributed by atoms with Gasteiger partial charge in [0.2, 0.25) is 0 Å². The lowest BCUT2D eigenvalue weighted by atomic mass is 10.2. The van der Waals surface area contributed by atoms with Crippen molar-refractivity contribution < 1.29 is 14.3 Å². The Bertz CT molecular complexity index is 345. The highest BCUT2D eigenvalue weighted by atomic mass is 35.5. The average molecular weight is 217 g/mol. The van der Waals surface area contributed by atoms with E-state index >= 15 is 0 Å². The van der Waals surface area contributed by atoms with Gasteiger partial charge in [-0.25, -0.2) is 4.79 Å². The van der Waals surface area contributed by atoms with Crippen molar-refractivity contribution >= 4 is 17.6 Å². The van der Waals surface area contributed by atoms with E-state index in [9.17, 15) is 4.79 Å². The van der Waals surface area contributed by atoms with Crippen LogP contribution in [0.5, 0.6) is 6.01 Å². The molecule has 0 aliphatic rings. The summed E-state index contributed by atoms with van der Waals surface area (Å²) in [7, 11) is 2.69. The third-order valence-electron chi connectivity index (χ3n) is 1.60. The molecule has 14 heavy (non-hydrogen) atoms. The van der Waals surface area contributed by atoms with Crippen molar-refractivity contribution in [1.82, 2.24) is 9.97 Å². The molecule has 0 atom stereocenters. The van der Waals surface area contributed by atoms with E-state index in [2.05, 4.69) is 14.7 Å². The maximum atomic E-state index is 11.2. The Morgan fingerprint density at radius 1 is 1.36 bits per heavy atom. The van der Waals surface area contributed by atoms with Gasteiger partial charge in [-0.15, -0.1) is 0 Å². The van der Waals surface area contributed by atoms with Crippen LogP contribution in [0.2, 0.25) is 5.15 Å². The highest BCUT2D eigenvalue weighted by molar-refractivity contribution is 6.32. The summed E-state index contributed by atoms with van der Waals surface area (Å²) in [6, 6.07) is 0.125. The molecular formula is C8H9ClN2O3. The molecule has 0 radical (unpaired) electrons. The predicted octanol–water partition coefficient (Wildman–Crippen LogP) is 1.23. The van der Waals surface area contributed by atoms with E-state index in [1.54, 1.807) is 6.92 Å². The van der Waals surface area contributed by atoms with Crippen molar-refractivity contribution in [3.05, 3.63) is 16.4 Å². The molecule has 76 valence electrons. The van der Waals surface area contributed by atoms with E-state index in [-0.39, 0.29) is 16.7 Å². The van der Waals surface area contributed by atoms with Crippen LogP contribution in [0, 0.1) is 6.92 Å². The number of hydrogen-bond donors (Lipinski definition) is 0. The van der Waals surface area contributed by atoms with E-state index in [1.807, 2.05) is 0 Å². The van der Waals surface area contributed by atoms with Crippen LogP contribution in [0.15, 0.2) is 0 Å². The summed E-state index contributed by atoms with van der Waals surface area (Å²) in [4.78, 5) is 18.9. The van der Waals surface area contributed by atoms with Gasteiger partial charge in [0.05, 0.1) is 19.9 Å².